The predicted octanol–water partition coefficient (Wildman–Crippen LogP) is 4.50. The van der Waals surface area contributed by atoms with Crippen LogP contribution in [0, 0.1) is 4.78 Å². The van der Waals surface area contributed by atoms with Crippen LogP contribution in [0.2, 0.25) is 0 Å². The molecule has 0 aliphatic carbocycles. The van der Waals surface area contributed by atoms with E-state index in [1.807, 2.05) is 13.8 Å². The number of halogens is 2. The molecule has 1 aromatic carbocycles. The van der Waals surface area contributed by atoms with Crippen LogP contribution in [-0.2, 0) is 21.1 Å². The van der Waals surface area contributed by atoms with Crippen LogP contribution in [0.4, 0.5) is 13.6 Å². The first-order chi connectivity index (χ1) is 16.3. The third-order valence-corrected chi connectivity index (χ3v) is 9.03. The SMILES string of the molecule is CC(C)c1cc2c(c(C(C)C)c1CC(=O)N1C=C([S@](=N)(=O)NC(=O)O)S[C@@H]1C(C)(C)O)OC(F)(F)O2. The Morgan fingerprint density at radius 3 is 2.39 bits per heavy atom. The lowest BCUT2D eigenvalue weighted by atomic mass is 9.85. The van der Waals surface area contributed by atoms with Crippen LogP contribution in [0.3, 0.4) is 0 Å². The first-order valence-corrected chi connectivity index (χ1v) is 13.4. The number of amides is 2. The summed E-state index contributed by atoms with van der Waals surface area (Å²) in [6, 6.07) is 1.43. The third kappa shape index (κ3) is 5.54. The van der Waals surface area contributed by atoms with E-state index in [1.165, 1.54) is 19.9 Å². The summed E-state index contributed by atoms with van der Waals surface area (Å²) in [5.41, 5.74) is -0.0911. The van der Waals surface area contributed by atoms with Crippen molar-refractivity contribution in [3.63, 3.8) is 0 Å². The monoisotopic (exact) mass is 549 g/mol. The molecule has 4 N–H and O–H groups in total. The molecule has 2 aliphatic rings. The van der Waals surface area contributed by atoms with Gasteiger partial charge in [0.2, 0.25) is 5.91 Å². The molecule has 0 bridgehead atoms. The average Bonchev–Trinajstić information content (AvgIpc) is 3.26. The van der Waals surface area contributed by atoms with Gasteiger partial charge in [-0.05, 0) is 42.9 Å². The molecule has 2 amide bonds. The Bertz CT molecular complexity index is 1220. The van der Waals surface area contributed by atoms with E-state index in [-0.39, 0.29) is 34.0 Å². The minimum absolute atomic E-state index is 0.120. The zero-order chi connectivity index (χ0) is 27.4. The Hall–Kier alpha value is -2.58. The quantitative estimate of drug-likeness (QED) is 0.388. The molecule has 0 spiro atoms. The molecular formula is C22H29F2N3O7S2. The first kappa shape index (κ1) is 28.0. The van der Waals surface area contributed by atoms with Gasteiger partial charge in [0.25, 0.3) is 0 Å². The number of aliphatic hydroxyl groups is 1. The Morgan fingerprint density at radius 2 is 1.89 bits per heavy atom. The smallest absolute Gasteiger partial charge is 0.464 e. The minimum atomic E-state index is -4.01. The molecule has 10 nitrogen and oxygen atoms in total. The van der Waals surface area contributed by atoms with E-state index in [2.05, 4.69) is 4.74 Å². The van der Waals surface area contributed by atoms with Crippen LogP contribution in [0.15, 0.2) is 16.5 Å². The van der Waals surface area contributed by atoms with E-state index >= 15 is 0 Å². The van der Waals surface area contributed by atoms with Crippen LogP contribution in [0.5, 0.6) is 11.5 Å². The fourth-order valence-corrected chi connectivity index (χ4v) is 6.64. The number of carbonyl (C=O) groups is 2. The summed E-state index contributed by atoms with van der Waals surface area (Å²) < 4.78 is 59.3. The molecule has 0 unspecified atom stereocenters. The van der Waals surface area contributed by atoms with Gasteiger partial charge in [-0.1, -0.05) is 39.5 Å². The number of thioether (sulfide) groups is 1. The normalized spacial score (nSPS) is 20.5. The van der Waals surface area contributed by atoms with Crippen LogP contribution >= 0.6 is 11.8 Å². The molecule has 1 aromatic rings. The highest BCUT2D eigenvalue weighted by atomic mass is 32.3. The molecule has 0 saturated carbocycles. The Balaban J connectivity index is 2.09. The van der Waals surface area contributed by atoms with Gasteiger partial charge in [-0.2, -0.15) is 0 Å². The summed E-state index contributed by atoms with van der Waals surface area (Å²) >= 11 is 0.738. The fraction of sp³-hybridized carbons (Fsp3) is 0.545. The maximum Gasteiger partial charge on any atom is 0.586 e. The molecular weight excluding hydrogens is 520 g/mol. The fourth-order valence-electron chi connectivity index (χ4n) is 4.11. The zero-order valence-electron chi connectivity index (χ0n) is 20.5. The van der Waals surface area contributed by atoms with Crippen molar-refractivity contribution in [2.75, 3.05) is 0 Å². The largest absolute Gasteiger partial charge is 0.586 e. The Morgan fingerprint density at radius 1 is 1.28 bits per heavy atom. The van der Waals surface area contributed by atoms with Crippen molar-refractivity contribution in [3.8, 4) is 11.5 Å². The van der Waals surface area contributed by atoms with Gasteiger partial charge in [0.15, 0.2) is 21.4 Å². The van der Waals surface area contributed by atoms with Crippen LogP contribution < -0.4 is 14.2 Å². The molecule has 0 fully saturated rings. The van der Waals surface area contributed by atoms with Crippen LogP contribution in [0.25, 0.3) is 0 Å². The maximum absolute atomic E-state index is 13.9. The van der Waals surface area contributed by atoms with E-state index in [1.54, 1.807) is 18.6 Å². The van der Waals surface area contributed by atoms with Gasteiger partial charge in [-0.3, -0.25) is 4.79 Å². The van der Waals surface area contributed by atoms with Crippen molar-refractivity contribution in [3.05, 3.63) is 33.2 Å². The van der Waals surface area contributed by atoms with Crippen LogP contribution in [0.1, 0.15) is 70.1 Å². The average molecular weight is 550 g/mol. The molecule has 36 heavy (non-hydrogen) atoms. The number of nitrogens with one attached hydrogen (secondary N) is 2. The van der Waals surface area contributed by atoms with Gasteiger partial charge in [-0.25, -0.2) is 18.5 Å². The number of nitrogens with zero attached hydrogens (tertiary/aromatic N) is 1. The lowest BCUT2D eigenvalue weighted by molar-refractivity contribution is -0.287. The summed E-state index contributed by atoms with van der Waals surface area (Å²) in [5, 5.41) is 18.6. The van der Waals surface area contributed by atoms with E-state index in [9.17, 15) is 27.7 Å². The van der Waals surface area contributed by atoms with Gasteiger partial charge in [0, 0.05) is 11.8 Å². The van der Waals surface area contributed by atoms with Crippen molar-refractivity contribution in [1.29, 1.82) is 4.78 Å². The Labute approximate surface area is 212 Å². The number of ether oxygens (including phenoxy) is 2. The number of benzene rings is 1. The lowest BCUT2D eigenvalue weighted by Crippen LogP contribution is -2.46. The highest BCUT2D eigenvalue weighted by Crippen LogP contribution is 2.50. The molecule has 0 saturated heterocycles. The molecule has 0 aromatic heterocycles. The van der Waals surface area contributed by atoms with Gasteiger partial charge in [-0.15, -0.1) is 8.78 Å². The van der Waals surface area contributed by atoms with Crippen molar-refractivity contribution in [2.24, 2.45) is 0 Å². The van der Waals surface area contributed by atoms with Gasteiger partial charge < -0.3 is 24.6 Å². The summed E-state index contributed by atoms with van der Waals surface area (Å²) in [6.45, 7) is 10.0. The second-order valence-electron chi connectivity index (χ2n) is 9.68. The number of fused-ring (bicyclic) bond motifs is 1. The van der Waals surface area contributed by atoms with Crippen molar-refractivity contribution >= 4 is 33.7 Å². The van der Waals surface area contributed by atoms with Gasteiger partial charge >= 0.3 is 12.4 Å². The first-order valence-electron chi connectivity index (χ1n) is 11.0. The highest BCUT2D eigenvalue weighted by Gasteiger charge is 2.47. The second-order valence-corrected chi connectivity index (χ2v) is 12.8. The molecule has 2 heterocycles. The van der Waals surface area contributed by atoms with Crippen molar-refractivity contribution in [1.82, 2.24) is 9.62 Å². The summed E-state index contributed by atoms with van der Waals surface area (Å²) in [5.74, 6) is -1.35. The number of hydrogen-bond donors (Lipinski definition) is 4. The van der Waals surface area contributed by atoms with Crippen molar-refractivity contribution in [2.45, 2.75) is 77.1 Å². The molecule has 14 heteroatoms. The summed E-state index contributed by atoms with van der Waals surface area (Å²) in [4.78, 5) is 25.7. The minimum Gasteiger partial charge on any atom is -0.464 e. The number of alkyl halides is 2. The van der Waals surface area contributed by atoms with E-state index in [0.29, 0.717) is 16.7 Å². The number of rotatable bonds is 7. The highest BCUT2D eigenvalue weighted by molar-refractivity contribution is 8.19. The summed E-state index contributed by atoms with van der Waals surface area (Å²) in [6.07, 6.45) is -4.72. The van der Waals surface area contributed by atoms with Gasteiger partial charge in [0.05, 0.1) is 12.0 Å². The Kier molecular flexibility index (Phi) is 7.29. The second kappa shape index (κ2) is 9.38. The third-order valence-electron chi connectivity index (χ3n) is 5.54. The van der Waals surface area contributed by atoms with E-state index in [0.717, 1.165) is 22.9 Å². The van der Waals surface area contributed by atoms with Crippen LogP contribution in [-0.4, -0.2) is 48.6 Å². The number of carboxylic acid groups (broad SMARTS) is 1. The zero-order valence-corrected chi connectivity index (χ0v) is 22.2. The molecule has 0 radical (unpaired) electrons. The number of hydrogen-bond acceptors (Lipinski definition) is 8. The maximum atomic E-state index is 13.9. The topological polar surface area (TPSA) is 149 Å². The molecule has 2 atom stereocenters. The molecule has 2 aliphatic heterocycles. The lowest BCUT2D eigenvalue weighted by Gasteiger charge is -2.33. The molecule has 3 rings (SSSR count). The molecule has 200 valence electrons. The van der Waals surface area contributed by atoms with E-state index in [4.69, 9.17) is 14.6 Å². The predicted molar refractivity (Wildman–Crippen MR) is 129 cm³/mol. The number of carbonyl (C=O) groups excluding carboxylic acids is 1. The standard InChI is InChI=1S/C22H29F2N3O7S2/c1-10(2)12-7-14-18(34-22(23,24)33-14)17(11(3)4)13(12)8-15(28)27-9-16(35-19(27)21(5,6)31)36(25,32)26-20(29)30/h7,9-11,19,31H,8H2,1-6H3,(H,29,30)(H2,25,26,32)/t19-,36-/m1/s1. The van der Waals surface area contributed by atoms with Gasteiger partial charge in [0.1, 0.15) is 9.61 Å². The van der Waals surface area contributed by atoms with Crippen molar-refractivity contribution < 1.29 is 42.3 Å². The van der Waals surface area contributed by atoms with E-state index < -0.39 is 39.2 Å². The summed E-state index contributed by atoms with van der Waals surface area (Å²) in [7, 11) is -4.01.